The molecule has 0 atom stereocenters. The fourth-order valence-corrected chi connectivity index (χ4v) is 6.09. The molecule has 0 radical (unpaired) electrons. The molecule has 0 saturated heterocycles. The SMILES string of the molecule is Oc1c(Cl)cc2cc1-c1cc(cc(Cl)c1O)CCc1c(cc(Cl)c(O)c1Cl)-c1cc(Cl)c(c(Cl)c1O)/C=C\2. The molecular formula is C28H16Cl6O4. The number of aromatic hydroxyl groups is 4. The van der Waals surface area contributed by atoms with Gasteiger partial charge in [0.2, 0.25) is 0 Å². The highest BCUT2D eigenvalue weighted by molar-refractivity contribution is 6.40. The van der Waals surface area contributed by atoms with Crippen molar-refractivity contribution in [1.29, 1.82) is 0 Å². The molecule has 4 aromatic carbocycles. The van der Waals surface area contributed by atoms with Gasteiger partial charge in [-0.3, -0.25) is 0 Å². The van der Waals surface area contributed by atoms with E-state index in [9.17, 15) is 20.4 Å². The smallest absolute Gasteiger partial charge is 0.153 e. The van der Waals surface area contributed by atoms with Crippen LogP contribution in [0.2, 0.25) is 30.1 Å². The Morgan fingerprint density at radius 3 is 1.76 bits per heavy atom. The van der Waals surface area contributed by atoms with E-state index >= 15 is 0 Å². The molecule has 0 saturated carbocycles. The van der Waals surface area contributed by atoms with E-state index in [1.54, 1.807) is 36.4 Å². The lowest BCUT2D eigenvalue weighted by molar-refractivity contribution is 0.469. The topological polar surface area (TPSA) is 80.9 Å². The first-order valence-corrected chi connectivity index (χ1v) is 13.4. The summed E-state index contributed by atoms with van der Waals surface area (Å²) in [5, 5.41) is 43.4. The van der Waals surface area contributed by atoms with Crippen LogP contribution in [0.1, 0.15) is 22.3 Å². The lowest BCUT2D eigenvalue weighted by atomic mass is 9.91. The summed E-state index contributed by atoms with van der Waals surface area (Å²) in [5.41, 5.74) is 3.30. The molecular weight excluding hydrogens is 613 g/mol. The van der Waals surface area contributed by atoms with Crippen LogP contribution in [-0.2, 0) is 12.8 Å². The molecule has 38 heavy (non-hydrogen) atoms. The second kappa shape index (κ2) is 10.3. The minimum atomic E-state index is -0.307. The molecule has 194 valence electrons. The van der Waals surface area contributed by atoms with Gasteiger partial charge in [0.25, 0.3) is 0 Å². The van der Waals surface area contributed by atoms with E-state index in [1.165, 1.54) is 12.1 Å². The molecule has 0 aromatic heterocycles. The molecule has 2 aliphatic rings. The average molecular weight is 629 g/mol. The first kappa shape index (κ1) is 27.1. The molecule has 10 heteroatoms. The maximum Gasteiger partial charge on any atom is 0.153 e. The van der Waals surface area contributed by atoms with Crippen LogP contribution in [0.3, 0.4) is 0 Å². The van der Waals surface area contributed by atoms with E-state index in [1.807, 2.05) is 0 Å². The molecule has 4 aromatic rings. The predicted octanol–water partition coefficient (Wildman–Crippen LogP) is 10.0. The summed E-state index contributed by atoms with van der Waals surface area (Å²) >= 11 is 38.6. The minimum absolute atomic E-state index is 0.00598. The van der Waals surface area contributed by atoms with E-state index in [0.717, 1.165) is 0 Å². The van der Waals surface area contributed by atoms with Gasteiger partial charge in [0, 0.05) is 22.3 Å². The largest absolute Gasteiger partial charge is 0.506 e. The standard InChI is InChI=1S/C28H16Cl6O4/c29-19-10-18-15-9-22(32)28(38)23(33)13(15)3-1-11-5-16(25(35)20(30)7-11)17-6-12(8-21(31)26(17)36)2-4-14(19)24(34)27(18)37/h2,4-10,35-38H,1,3H2/b4-2-. The summed E-state index contributed by atoms with van der Waals surface area (Å²) in [7, 11) is 0. The van der Waals surface area contributed by atoms with Crippen molar-refractivity contribution < 1.29 is 20.4 Å². The lowest BCUT2D eigenvalue weighted by Gasteiger charge is -2.18. The molecule has 4 N–H and O–H groups in total. The van der Waals surface area contributed by atoms with Gasteiger partial charge in [-0.15, -0.1) is 0 Å². The third-order valence-corrected chi connectivity index (χ3v) is 8.39. The highest BCUT2D eigenvalue weighted by atomic mass is 35.5. The monoisotopic (exact) mass is 626 g/mol. The Morgan fingerprint density at radius 1 is 0.474 bits per heavy atom. The van der Waals surface area contributed by atoms with Crippen LogP contribution < -0.4 is 0 Å². The van der Waals surface area contributed by atoms with Crippen LogP contribution >= 0.6 is 69.6 Å². The van der Waals surface area contributed by atoms with Gasteiger partial charge in [-0.2, -0.15) is 0 Å². The van der Waals surface area contributed by atoms with E-state index < -0.39 is 0 Å². The second-order valence-corrected chi connectivity index (χ2v) is 11.1. The van der Waals surface area contributed by atoms with Crippen molar-refractivity contribution >= 4 is 81.8 Å². The predicted molar refractivity (Wildman–Crippen MR) is 157 cm³/mol. The number of benzene rings is 4. The summed E-state index contributed by atoms with van der Waals surface area (Å²) in [6, 6.07) is 9.47. The molecule has 6 rings (SSSR count). The molecule has 0 amide bonds. The normalized spacial score (nSPS) is 13.4. The molecule has 0 aliphatic heterocycles. The number of rotatable bonds is 0. The van der Waals surface area contributed by atoms with Crippen LogP contribution in [0.25, 0.3) is 34.4 Å². The summed E-state index contributed by atoms with van der Waals surface area (Å²) in [4.78, 5) is 0. The van der Waals surface area contributed by atoms with Gasteiger partial charge in [-0.05, 0) is 71.5 Å². The van der Waals surface area contributed by atoms with E-state index in [-0.39, 0.29) is 76.2 Å². The number of hydrogen-bond donors (Lipinski definition) is 4. The van der Waals surface area contributed by atoms with Gasteiger partial charge in [0.15, 0.2) is 5.75 Å². The zero-order valence-electron chi connectivity index (χ0n) is 19.1. The van der Waals surface area contributed by atoms with Crippen LogP contribution in [0.5, 0.6) is 23.0 Å². The number of halogens is 6. The van der Waals surface area contributed by atoms with Gasteiger partial charge >= 0.3 is 0 Å². The van der Waals surface area contributed by atoms with Crippen molar-refractivity contribution in [2.45, 2.75) is 12.8 Å². The molecule has 4 nitrogen and oxygen atoms in total. The maximum absolute atomic E-state index is 11.1. The minimum Gasteiger partial charge on any atom is -0.506 e. The quantitative estimate of drug-likeness (QED) is 0.156. The zero-order valence-corrected chi connectivity index (χ0v) is 23.6. The van der Waals surface area contributed by atoms with Crippen molar-refractivity contribution in [2.75, 3.05) is 0 Å². The Kier molecular flexibility index (Phi) is 7.34. The fourth-order valence-electron chi connectivity index (χ4n) is 4.49. The summed E-state index contributed by atoms with van der Waals surface area (Å²) in [5.74, 6) is -1.02. The van der Waals surface area contributed by atoms with Crippen molar-refractivity contribution in [2.24, 2.45) is 0 Å². The highest BCUT2D eigenvalue weighted by Gasteiger charge is 2.23. The Hall–Kier alpha value is -2.44. The van der Waals surface area contributed by atoms with E-state index in [4.69, 9.17) is 69.6 Å². The second-order valence-electron chi connectivity index (χ2n) is 8.74. The number of fused-ring (bicyclic) bond motifs is 3. The van der Waals surface area contributed by atoms with Crippen LogP contribution in [0, 0.1) is 0 Å². The molecule has 0 unspecified atom stereocenters. The summed E-state index contributed by atoms with van der Waals surface area (Å²) < 4.78 is 0. The number of hydrogen-bond acceptors (Lipinski definition) is 4. The van der Waals surface area contributed by atoms with Crippen molar-refractivity contribution in [3.05, 3.63) is 88.8 Å². The van der Waals surface area contributed by atoms with Crippen LogP contribution in [0.4, 0.5) is 0 Å². The Labute approximate surface area is 247 Å². The summed E-state index contributed by atoms with van der Waals surface area (Å²) in [6.45, 7) is 0. The molecule has 6 bridgehead atoms. The number of phenolic OH excluding ortho intramolecular Hbond substituents is 4. The first-order chi connectivity index (χ1) is 18.0. The third kappa shape index (κ3) is 4.64. The van der Waals surface area contributed by atoms with Gasteiger partial charge in [-0.25, -0.2) is 0 Å². The maximum atomic E-state index is 11.1. The zero-order chi connectivity index (χ0) is 27.5. The molecule has 0 fully saturated rings. The Balaban J connectivity index is 1.86. The van der Waals surface area contributed by atoms with Crippen molar-refractivity contribution in [3.63, 3.8) is 0 Å². The van der Waals surface area contributed by atoms with Crippen LogP contribution in [-0.4, -0.2) is 20.4 Å². The van der Waals surface area contributed by atoms with E-state index in [2.05, 4.69) is 0 Å². The van der Waals surface area contributed by atoms with E-state index in [0.29, 0.717) is 34.2 Å². The number of aryl methyl sites for hydroxylation is 1. The van der Waals surface area contributed by atoms with Crippen molar-refractivity contribution in [1.82, 2.24) is 0 Å². The lowest BCUT2D eigenvalue weighted by Crippen LogP contribution is -1.99. The fraction of sp³-hybridized carbons (Fsp3) is 0.0714. The average Bonchev–Trinajstić information content (AvgIpc) is 2.87. The summed E-state index contributed by atoms with van der Waals surface area (Å²) in [6.07, 6.45) is 3.85. The first-order valence-electron chi connectivity index (χ1n) is 11.1. The van der Waals surface area contributed by atoms with Gasteiger partial charge in [0.1, 0.15) is 17.2 Å². The van der Waals surface area contributed by atoms with Gasteiger partial charge < -0.3 is 20.4 Å². The Bertz CT molecular complexity index is 1680. The highest BCUT2D eigenvalue weighted by Crippen LogP contribution is 2.49. The van der Waals surface area contributed by atoms with Gasteiger partial charge in [-0.1, -0.05) is 81.8 Å². The van der Waals surface area contributed by atoms with Gasteiger partial charge in [0.05, 0.1) is 30.1 Å². The molecule has 2 aliphatic carbocycles. The third-order valence-electron chi connectivity index (χ3n) is 6.42. The Morgan fingerprint density at radius 2 is 1.05 bits per heavy atom. The molecule has 0 heterocycles. The number of phenols is 4. The molecule has 0 spiro atoms. The van der Waals surface area contributed by atoms with Crippen LogP contribution in [0.15, 0.2) is 36.4 Å². The van der Waals surface area contributed by atoms with Crippen molar-refractivity contribution in [3.8, 4) is 45.3 Å².